The number of aliphatic hydroxyl groups is 1. The highest BCUT2D eigenvalue weighted by atomic mass is 16.7. The van der Waals surface area contributed by atoms with Crippen molar-refractivity contribution in [3.05, 3.63) is 12.2 Å². The summed E-state index contributed by atoms with van der Waals surface area (Å²) < 4.78 is 11.7. The van der Waals surface area contributed by atoms with Crippen LogP contribution in [0.4, 0.5) is 0 Å². The summed E-state index contributed by atoms with van der Waals surface area (Å²) in [5, 5.41) is 8.77. The number of aliphatic hydroxyl groups excluding tert-OH is 1. The van der Waals surface area contributed by atoms with E-state index >= 15 is 0 Å². The van der Waals surface area contributed by atoms with Gasteiger partial charge in [-0.25, -0.2) is 0 Å². The van der Waals surface area contributed by atoms with Crippen LogP contribution in [0.2, 0.25) is 0 Å². The lowest BCUT2D eigenvalue weighted by Gasteiger charge is -2.17. The van der Waals surface area contributed by atoms with E-state index in [-0.39, 0.29) is 12.9 Å². The van der Waals surface area contributed by atoms with Crippen molar-refractivity contribution in [2.24, 2.45) is 0 Å². The molecule has 0 fully saturated rings. The maximum absolute atomic E-state index is 8.77. The van der Waals surface area contributed by atoms with Crippen molar-refractivity contribution >= 4 is 0 Å². The van der Waals surface area contributed by atoms with Crippen molar-refractivity contribution in [2.75, 3.05) is 19.8 Å². The number of rotatable bonds is 16. The van der Waals surface area contributed by atoms with Crippen LogP contribution in [0.25, 0.3) is 0 Å². The van der Waals surface area contributed by atoms with Crippen molar-refractivity contribution < 1.29 is 14.6 Å². The van der Waals surface area contributed by atoms with Crippen LogP contribution in [-0.2, 0) is 9.47 Å². The molecule has 0 spiro atoms. The minimum absolute atomic E-state index is 0.122. The van der Waals surface area contributed by atoms with E-state index in [0.29, 0.717) is 6.42 Å². The van der Waals surface area contributed by atoms with Gasteiger partial charge in [-0.15, -0.1) is 0 Å². The summed E-state index contributed by atoms with van der Waals surface area (Å²) in [5.41, 5.74) is 0. The third-order valence-electron chi connectivity index (χ3n) is 3.39. The van der Waals surface area contributed by atoms with E-state index in [2.05, 4.69) is 19.9 Å². The van der Waals surface area contributed by atoms with Gasteiger partial charge in [-0.05, 0) is 19.3 Å². The molecule has 0 aromatic carbocycles. The number of ether oxygens (including phenoxy) is 2. The van der Waals surface area contributed by atoms with Crippen LogP contribution >= 0.6 is 0 Å². The van der Waals surface area contributed by atoms with Crippen molar-refractivity contribution in [2.45, 2.75) is 84.3 Å². The Kier molecular flexibility index (Phi) is 17.4. The molecule has 0 rings (SSSR count). The Morgan fingerprint density at radius 1 is 0.810 bits per heavy atom. The maximum atomic E-state index is 8.77. The van der Waals surface area contributed by atoms with Gasteiger partial charge in [-0.1, -0.05) is 64.5 Å². The Hall–Kier alpha value is -0.380. The first kappa shape index (κ1) is 20.6. The Morgan fingerprint density at radius 2 is 1.38 bits per heavy atom. The molecule has 0 aromatic heterocycles. The van der Waals surface area contributed by atoms with Crippen LogP contribution in [0.15, 0.2) is 12.2 Å². The smallest absolute Gasteiger partial charge is 0.160 e. The molecular formula is C18H36O3. The molecule has 21 heavy (non-hydrogen) atoms. The number of hydrogen-bond donors (Lipinski definition) is 1. The zero-order chi connectivity index (χ0) is 15.6. The highest BCUT2D eigenvalue weighted by molar-refractivity contribution is 4.82. The lowest BCUT2D eigenvalue weighted by atomic mass is 10.2. The lowest BCUT2D eigenvalue weighted by molar-refractivity contribution is -0.141. The summed E-state index contributed by atoms with van der Waals surface area (Å²) in [6.45, 7) is 6.21. The SMILES string of the molecule is CCCCCCOC(C/C=C\CCO)OCCCCCC. The minimum Gasteiger partial charge on any atom is -0.396 e. The first-order valence-corrected chi connectivity index (χ1v) is 8.84. The third kappa shape index (κ3) is 15.8. The molecule has 126 valence electrons. The second-order valence-electron chi connectivity index (χ2n) is 5.51. The Bertz CT molecular complexity index is 203. The van der Waals surface area contributed by atoms with Crippen molar-refractivity contribution in [1.29, 1.82) is 0 Å². The topological polar surface area (TPSA) is 38.7 Å². The third-order valence-corrected chi connectivity index (χ3v) is 3.39. The van der Waals surface area contributed by atoms with Gasteiger partial charge in [0.2, 0.25) is 0 Å². The van der Waals surface area contributed by atoms with Crippen LogP contribution in [-0.4, -0.2) is 31.2 Å². The van der Waals surface area contributed by atoms with Gasteiger partial charge >= 0.3 is 0 Å². The molecule has 0 radical (unpaired) electrons. The van der Waals surface area contributed by atoms with E-state index in [1.165, 1.54) is 38.5 Å². The van der Waals surface area contributed by atoms with Crippen molar-refractivity contribution in [1.82, 2.24) is 0 Å². The molecule has 0 aromatic rings. The molecule has 0 amide bonds. The molecule has 0 unspecified atom stereocenters. The summed E-state index contributed by atoms with van der Waals surface area (Å²) >= 11 is 0. The molecule has 0 aliphatic rings. The first-order chi connectivity index (χ1) is 10.3. The van der Waals surface area contributed by atoms with Gasteiger partial charge in [0.15, 0.2) is 6.29 Å². The zero-order valence-corrected chi connectivity index (χ0v) is 14.2. The molecule has 0 aliphatic heterocycles. The van der Waals surface area contributed by atoms with Crippen molar-refractivity contribution in [3.8, 4) is 0 Å². The van der Waals surface area contributed by atoms with Crippen LogP contribution in [0.3, 0.4) is 0 Å². The van der Waals surface area contributed by atoms with Gasteiger partial charge in [0.05, 0.1) is 0 Å². The monoisotopic (exact) mass is 300 g/mol. The van der Waals surface area contributed by atoms with Crippen LogP contribution in [0.1, 0.15) is 78.1 Å². The first-order valence-electron chi connectivity index (χ1n) is 8.84. The molecular weight excluding hydrogens is 264 g/mol. The second kappa shape index (κ2) is 17.7. The van der Waals surface area contributed by atoms with Gasteiger partial charge in [0, 0.05) is 26.2 Å². The van der Waals surface area contributed by atoms with E-state index in [9.17, 15) is 0 Å². The van der Waals surface area contributed by atoms with Crippen molar-refractivity contribution in [3.63, 3.8) is 0 Å². The minimum atomic E-state index is -0.122. The van der Waals surface area contributed by atoms with Gasteiger partial charge in [0.1, 0.15) is 0 Å². The summed E-state index contributed by atoms with van der Waals surface area (Å²) in [6.07, 6.45) is 15.2. The summed E-state index contributed by atoms with van der Waals surface area (Å²) in [4.78, 5) is 0. The van der Waals surface area contributed by atoms with Crippen LogP contribution in [0, 0.1) is 0 Å². The number of unbranched alkanes of at least 4 members (excludes halogenated alkanes) is 6. The summed E-state index contributed by atoms with van der Waals surface area (Å²) in [6, 6.07) is 0. The van der Waals surface area contributed by atoms with E-state index in [1.54, 1.807) is 0 Å². The Morgan fingerprint density at radius 3 is 1.86 bits per heavy atom. The molecule has 0 heterocycles. The molecule has 3 heteroatoms. The molecule has 3 nitrogen and oxygen atoms in total. The average molecular weight is 300 g/mol. The maximum Gasteiger partial charge on any atom is 0.160 e. The van der Waals surface area contributed by atoms with Crippen LogP contribution in [0.5, 0.6) is 0 Å². The summed E-state index contributed by atoms with van der Waals surface area (Å²) in [5.74, 6) is 0. The van der Waals surface area contributed by atoms with Gasteiger partial charge in [-0.3, -0.25) is 0 Å². The van der Waals surface area contributed by atoms with E-state index in [0.717, 1.165) is 32.5 Å². The average Bonchev–Trinajstić information content (AvgIpc) is 2.50. The van der Waals surface area contributed by atoms with Gasteiger partial charge in [-0.2, -0.15) is 0 Å². The predicted octanol–water partition coefficient (Wildman–Crippen LogP) is 4.84. The number of hydrogen-bond acceptors (Lipinski definition) is 3. The predicted molar refractivity (Wildman–Crippen MR) is 89.4 cm³/mol. The summed E-state index contributed by atoms with van der Waals surface area (Å²) in [7, 11) is 0. The quantitative estimate of drug-likeness (QED) is 0.252. The van der Waals surface area contributed by atoms with E-state index in [1.807, 2.05) is 6.08 Å². The van der Waals surface area contributed by atoms with Gasteiger partial charge < -0.3 is 14.6 Å². The fourth-order valence-electron chi connectivity index (χ4n) is 2.07. The largest absolute Gasteiger partial charge is 0.396 e. The molecule has 1 N–H and O–H groups in total. The molecule has 0 saturated heterocycles. The fraction of sp³-hybridized carbons (Fsp3) is 0.889. The fourth-order valence-corrected chi connectivity index (χ4v) is 2.07. The second-order valence-corrected chi connectivity index (χ2v) is 5.51. The molecule has 0 saturated carbocycles. The highest BCUT2D eigenvalue weighted by Gasteiger charge is 2.07. The zero-order valence-electron chi connectivity index (χ0n) is 14.2. The van der Waals surface area contributed by atoms with Gasteiger partial charge in [0.25, 0.3) is 0 Å². The van der Waals surface area contributed by atoms with Crippen LogP contribution < -0.4 is 0 Å². The van der Waals surface area contributed by atoms with E-state index < -0.39 is 0 Å². The van der Waals surface area contributed by atoms with E-state index in [4.69, 9.17) is 14.6 Å². The normalized spacial score (nSPS) is 11.8. The molecule has 0 atom stereocenters. The standard InChI is InChI=1S/C18H36O3/c1-3-5-7-12-16-20-18(14-10-9-11-15-19)21-17-13-8-6-4-2/h9-10,18-19H,3-8,11-17H2,1-2H3/b10-9-. The highest BCUT2D eigenvalue weighted by Crippen LogP contribution is 2.08. The Balaban J connectivity index is 3.79. The Labute approximate surface area is 131 Å². The lowest BCUT2D eigenvalue weighted by Crippen LogP contribution is -2.18. The molecule has 0 bridgehead atoms. The molecule has 0 aliphatic carbocycles.